The van der Waals surface area contributed by atoms with E-state index in [0.717, 1.165) is 32.2 Å². The molecule has 126 valence electrons. The minimum Gasteiger partial charge on any atom is -0.309 e. The largest absolute Gasteiger partial charge is 0.309 e. The maximum Gasteiger partial charge on any atom is 0.132 e. The summed E-state index contributed by atoms with van der Waals surface area (Å²) in [4.78, 5) is 13.8. The minimum absolute atomic E-state index is 0.466. The highest BCUT2D eigenvalue weighted by Crippen LogP contribution is 2.12. The third kappa shape index (κ3) is 17.6. The zero-order valence-corrected chi connectivity index (χ0v) is 15.0. The molecule has 0 radical (unpaired) electrons. The predicted molar refractivity (Wildman–Crippen MR) is 93.9 cm³/mol. The summed E-state index contributed by atoms with van der Waals surface area (Å²) in [7, 11) is 4.13. The maximum absolute atomic E-state index is 11.7. The molecule has 0 fully saturated rings. The summed E-state index contributed by atoms with van der Waals surface area (Å²) in [5, 5.41) is 0. The van der Waals surface area contributed by atoms with Crippen LogP contribution in [0.15, 0.2) is 0 Å². The molecule has 0 rings (SSSR count). The Labute approximate surface area is 133 Å². The maximum atomic E-state index is 11.7. The van der Waals surface area contributed by atoms with Crippen molar-refractivity contribution < 1.29 is 4.79 Å². The third-order valence-electron chi connectivity index (χ3n) is 4.12. The Bertz CT molecular complexity index is 226. The molecule has 0 N–H and O–H groups in total. The molecule has 0 aliphatic heterocycles. The highest BCUT2D eigenvalue weighted by Gasteiger charge is 2.02. The number of unbranched alkanes of at least 4 members (excludes halogenated alkanes) is 10. The summed E-state index contributed by atoms with van der Waals surface area (Å²) < 4.78 is 0. The Morgan fingerprint density at radius 3 is 1.57 bits per heavy atom. The molecular weight excluding hydrogens is 258 g/mol. The highest BCUT2D eigenvalue weighted by atomic mass is 16.1. The number of ketones is 1. The van der Waals surface area contributed by atoms with Crippen LogP contribution in [0.2, 0.25) is 0 Å². The van der Waals surface area contributed by atoms with Crippen LogP contribution in [-0.2, 0) is 4.79 Å². The number of hydrogen-bond acceptors (Lipinski definition) is 2. The Morgan fingerprint density at radius 2 is 1.10 bits per heavy atom. The molecule has 0 heterocycles. The van der Waals surface area contributed by atoms with Gasteiger partial charge in [0.2, 0.25) is 0 Å². The fourth-order valence-corrected chi connectivity index (χ4v) is 2.70. The second-order valence-corrected chi connectivity index (χ2v) is 6.73. The van der Waals surface area contributed by atoms with E-state index in [4.69, 9.17) is 0 Å². The molecule has 2 nitrogen and oxygen atoms in total. The summed E-state index contributed by atoms with van der Waals surface area (Å²) in [6.45, 7) is 3.30. The average Bonchev–Trinajstić information content (AvgIpc) is 2.44. The van der Waals surface area contributed by atoms with Crippen molar-refractivity contribution in [1.29, 1.82) is 0 Å². The molecule has 0 bridgehead atoms. The molecular formula is C19H39NO. The van der Waals surface area contributed by atoms with Crippen LogP contribution in [0, 0.1) is 0 Å². The van der Waals surface area contributed by atoms with Crippen LogP contribution in [0.5, 0.6) is 0 Å². The van der Waals surface area contributed by atoms with Gasteiger partial charge in [-0.2, -0.15) is 0 Å². The van der Waals surface area contributed by atoms with Gasteiger partial charge >= 0.3 is 0 Å². The summed E-state index contributed by atoms with van der Waals surface area (Å²) in [6.07, 6.45) is 17.5. The minimum atomic E-state index is 0.466. The van der Waals surface area contributed by atoms with E-state index < -0.39 is 0 Å². The molecule has 0 aromatic heterocycles. The van der Waals surface area contributed by atoms with E-state index >= 15 is 0 Å². The monoisotopic (exact) mass is 297 g/mol. The summed E-state index contributed by atoms with van der Waals surface area (Å²) in [6, 6.07) is 0. The van der Waals surface area contributed by atoms with Gasteiger partial charge in [0.1, 0.15) is 5.78 Å². The summed E-state index contributed by atoms with van der Waals surface area (Å²) in [5.74, 6) is 0.466. The van der Waals surface area contributed by atoms with E-state index in [1.54, 1.807) is 0 Å². The molecule has 0 saturated carbocycles. The van der Waals surface area contributed by atoms with Gasteiger partial charge in [-0.15, -0.1) is 0 Å². The molecule has 0 aromatic carbocycles. The van der Waals surface area contributed by atoms with Crippen molar-refractivity contribution in [2.24, 2.45) is 0 Å². The topological polar surface area (TPSA) is 20.3 Å². The van der Waals surface area contributed by atoms with Gasteiger partial charge in [-0.25, -0.2) is 0 Å². The van der Waals surface area contributed by atoms with Gasteiger partial charge in [0.25, 0.3) is 0 Å². The predicted octanol–water partition coefficient (Wildman–Crippen LogP) is 5.60. The lowest BCUT2D eigenvalue weighted by molar-refractivity contribution is -0.119. The van der Waals surface area contributed by atoms with Crippen molar-refractivity contribution in [3.05, 3.63) is 0 Å². The molecule has 0 aromatic rings. The Morgan fingerprint density at radius 1 is 0.667 bits per heavy atom. The molecule has 2 heteroatoms. The van der Waals surface area contributed by atoms with E-state index in [2.05, 4.69) is 25.9 Å². The van der Waals surface area contributed by atoms with Gasteiger partial charge in [0.05, 0.1) is 0 Å². The zero-order chi connectivity index (χ0) is 15.8. The van der Waals surface area contributed by atoms with Gasteiger partial charge < -0.3 is 4.90 Å². The van der Waals surface area contributed by atoms with Crippen LogP contribution in [0.25, 0.3) is 0 Å². The van der Waals surface area contributed by atoms with Crippen LogP contribution < -0.4 is 0 Å². The van der Waals surface area contributed by atoms with Gasteiger partial charge in [0.15, 0.2) is 0 Å². The number of hydrogen-bond donors (Lipinski definition) is 0. The Kier molecular flexibility index (Phi) is 15.7. The first kappa shape index (κ1) is 20.6. The van der Waals surface area contributed by atoms with Gasteiger partial charge in [-0.3, -0.25) is 4.79 Å². The van der Waals surface area contributed by atoms with Gasteiger partial charge in [-0.1, -0.05) is 71.1 Å². The third-order valence-corrected chi connectivity index (χ3v) is 4.12. The molecule has 0 unspecified atom stereocenters. The summed E-state index contributed by atoms with van der Waals surface area (Å²) >= 11 is 0. The standard InChI is InChI=1S/C19H39NO/c1-4-5-6-7-8-9-10-11-12-13-14-16-19(21)17-15-18-20(2)3/h4-18H2,1-3H3. The second-order valence-electron chi connectivity index (χ2n) is 6.73. The van der Waals surface area contributed by atoms with Crippen LogP contribution in [-0.4, -0.2) is 31.3 Å². The summed E-state index contributed by atoms with van der Waals surface area (Å²) in [5.41, 5.74) is 0. The lowest BCUT2D eigenvalue weighted by Crippen LogP contribution is -2.14. The lowest BCUT2D eigenvalue weighted by Gasteiger charge is -2.08. The molecule has 0 saturated heterocycles. The zero-order valence-electron chi connectivity index (χ0n) is 15.0. The van der Waals surface area contributed by atoms with Crippen molar-refractivity contribution in [3.8, 4) is 0 Å². The first-order chi connectivity index (χ1) is 10.2. The van der Waals surface area contributed by atoms with Crippen molar-refractivity contribution in [3.63, 3.8) is 0 Å². The fraction of sp³-hybridized carbons (Fsp3) is 0.947. The fourth-order valence-electron chi connectivity index (χ4n) is 2.70. The van der Waals surface area contributed by atoms with Gasteiger partial charge in [-0.05, 0) is 33.5 Å². The normalized spacial score (nSPS) is 11.2. The quantitative estimate of drug-likeness (QED) is 0.346. The molecule has 0 amide bonds. The molecule has 0 spiro atoms. The lowest BCUT2D eigenvalue weighted by atomic mass is 10.0. The number of nitrogens with zero attached hydrogens (tertiary/aromatic N) is 1. The molecule has 0 atom stereocenters. The first-order valence-electron chi connectivity index (χ1n) is 9.33. The van der Waals surface area contributed by atoms with E-state index in [9.17, 15) is 4.79 Å². The number of Topliss-reactive ketones (excluding diaryl/α,β-unsaturated/α-hetero) is 1. The molecule has 21 heavy (non-hydrogen) atoms. The van der Waals surface area contributed by atoms with E-state index in [0.29, 0.717) is 5.78 Å². The van der Waals surface area contributed by atoms with Crippen molar-refractivity contribution in [1.82, 2.24) is 4.90 Å². The molecule has 0 aliphatic rings. The Balaban J connectivity index is 3.12. The van der Waals surface area contributed by atoms with Crippen LogP contribution >= 0.6 is 0 Å². The van der Waals surface area contributed by atoms with Crippen LogP contribution in [0.1, 0.15) is 96.8 Å². The van der Waals surface area contributed by atoms with Crippen LogP contribution in [0.3, 0.4) is 0 Å². The highest BCUT2D eigenvalue weighted by molar-refractivity contribution is 5.78. The smallest absolute Gasteiger partial charge is 0.132 e. The van der Waals surface area contributed by atoms with Crippen molar-refractivity contribution >= 4 is 5.78 Å². The average molecular weight is 298 g/mol. The number of carbonyl (C=O) groups excluding carboxylic acids is 1. The number of carbonyl (C=O) groups is 1. The molecule has 0 aliphatic carbocycles. The van der Waals surface area contributed by atoms with E-state index in [1.165, 1.54) is 64.2 Å². The van der Waals surface area contributed by atoms with Crippen molar-refractivity contribution in [2.75, 3.05) is 20.6 Å². The second kappa shape index (κ2) is 16.0. The van der Waals surface area contributed by atoms with Gasteiger partial charge in [0, 0.05) is 12.8 Å². The van der Waals surface area contributed by atoms with Crippen LogP contribution in [0.4, 0.5) is 0 Å². The SMILES string of the molecule is CCCCCCCCCCCCCC(=O)CCCN(C)C. The number of rotatable bonds is 16. The first-order valence-corrected chi connectivity index (χ1v) is 9.33. The van der Waals surface area contributed by atoms with E-state index in [1.807, 2.05) is 0 Å². The van der Waals surface area contributed by atoms with E-state index in [-0.39, 0.29) is 0 Å². The van der Waals surface area contributed by atoms with Crippen molar-refractivity contribution in [2.45, 2.75) is 96.8 Å². The Hall–Kier alpha value is -0.370.